The zero-order chi connectivity index (χ0) is 27.8. The summed E-state index contributed by atoms with van der Waals surface area (Å²) in [5, 5.41) is 5.39. The zero-order valence-corrected chi connectivity index (χ0v) is 20.9. The molecule has 39 heavy (non-hydrogen) atoms. The van der Waals surface area contributed by atoms with Gasteiger partial charge in [0, 0.05) is 23.7 Å². The van der Waals surface area contributed by atoms with Crippen LogP contribution in [0.25, 0.3) is 17.4 Å². The maximum Gasteiger partial charge on any atom is 0.416 e. The largest absolute Gasteiger partial charge is 0.497 e. The number of carbonyl (C=O) groups is 2. The quantitative estimate of drug-likeness (QED) is 0.254. The van der Waals surface area contributed by atoms with Crippen LogP contribution in [0.5, 0.6) is 5.75 Å². The molecule has 0 radical (unpaired) electrons. The number of benzene rings is 3. The van der Waals surface area contributed by atoms with Crippen LogP contribution >= 0.6 is 0 Å². The summed E-state index contributed by atoms with van der Waals surface area (Å²) in [4.78, 5) is 25.9. The van der Waals surface area contributed by atoms with Gasteiger partial charge in [-0.1, -0.05) is 42.5 Å². The molecule has 0 fully saturated rings. The van der Waals surface area contributed by atoms with Gasteiger partial charge in [-0.25, -0.2) is 0 Å². The normalized spacial score (nSPS) is 11.6. The molecule has 1 heterocycles. The second-order valence-electron chi connectivity index (χ2n) is 8.51. The van der Waals surface area contributed by atoms with Crippen molar-refractivity contribution in [3.8, 4) is 17.1 Å². The summed E-state index contributed by atoms with van der Waals surface area (Å²) in [6.45, 7) is 0.312. The molecule has 0 spiro atoms. The monoisotopic (exact) mass is 534 g/mol. The van der Waals surface area contributed by atoms with Crippen molar-refractivity contribution in [2.24, 2.45) is 0 Å². The van der Waals surface area contributed by atoms with E-state index in [1.807, 2.05) is 30.3 Å². The Balaban J connectivity index is 1.56. The number of hydrogen-bond acceptors (Lipinski definition) is 4. The summed E-state index contributed by atoms with van der Waals surface area (Å²) in [7, 11) is 1.51. The van der Waals surface area contributed by atoms with Crippen molar-refractivity contribution in [1.29, 1.82) is 0 Å². The smallest absolute Gasteiger partial charge is 0.416 e. The lowest BCUT2D eigenvalue weighted by Crippen LogP contribution is -2.35. The van der Waals surface area contributed by atoms with Gasteiger partial charge in [0.15, 0.2) is 0 Å². The Morgan fingerprint density at radius 2 is 1.67 bits per heavy atom. The zero-order valence-electron chi connectivity index (χ0n) is 20.9. The minimum Gasteiger partial charge on any atom is -0.497 e. The fourth-order valence-electron chi connectivity index (χ4n) is 3.73. The molecule has 0 bridgehead atoms. The third-order valence-electron chi connectivity index (χ3n) is 5.77. The lowest BCUT2D eigenvalue weighted by Gasteiger charge is -2.11. The predicted molar refractivity (Wildman–Crippen MR) is 141 cm³/mol. The van der Waals surface area contributed by atoms with Crippen molar-refractivity contribution in [2.75, 3.05) is 13.7 Å². The van der Waals surface area contributed by atoms with Crippen LogP contribution in [0.1, 0.15) is 27.2 Å². The van der Waals surface area contributed by atoms with E-state index in [0.29, 0.717) is 24.3 Å². The van der Waals surface area contributed by atoms with Gasteiger partial charge >= 0.3 is 6.18 Å². The van der Waals surface area contributed by atoms with E-state index in [1.54, 1.807) is 24.3 Å². The number of furan rings is 1. The molecule has 0 atom stereocenters. The van der Waals surface area contributed by atoms with Gasteiger partial charge < -0.3 is 19.8 Å². The molecule has 1 aromatic heterocycles. The fourth-order valence-corrected chi connectivity index (χ4v) is 3.73. The van der Waals surface area contributed by atoms with E-state index in [-0.39, 0.29) is 22.8 Å². The summed E-state index contributed by atoms with van der Waals surface area (Å²) in [6.07, 6.45) is -2.59. The molecule has 0 saturated carbocycles. The van der Waals surface area contributed by atoms with E-state index in [9.17, 15) is 22.8 Å². The van der Waals surface area contributed by atoms with Crippen molar-refractivity contribution in [3.63, 3.8) is 0 Å². The van der Waals surface area contributed by atoms with Crippen molar-refractivity contribution in [2.45, 2.75) is 12.6 Å². The summed E-state index contributed by atoms with van der Waals surface area (Å²) in [5.41, 5.74) is 0.651. The molecule has 0 aliphatic carbocycles. The second kappa shape index (κ2) is 12.2. The standard InChI is InChI=1S/C30H25F3N2O4/c1-38-24-12-10-21(11-13-24)28(36)35-26(29(37)34-17-16-20-6-3-2-4-7-20)19-25-14-15-27(39-25)22-8-5-9-23(18-22)30(31,32)33/h2-15,18-19H,16-17H2,1H3,(H,34,37)(H,35,36). The maximum atomic E-state index is 13.1. The molecule has 0 unspecified atom stereocenters. The van der Waals surface area contributed by atoms with Gasteiger partial charge in [-0.05, 0) is 60.5 Å². The molecular formula is C30H25F3N2O4. The Morgan fingerprint density at radius 1 is 0.923 bits per heavy atom. The molecule has 4 rings (SSSR count). The summed E-state index contributed by atoms with van der Waals surface area (Å²) >= 11 is 0. The van der Waals surface area contributed by atoms with E-state index < -0.39 is 23.6 Å². The number of hydrogen-bond donors (Lipinski definition) is 2. The van der Waals surface area contributed by atoms with Gasteiger partial charge in [0.1, 0.15) is 23.0 Å². The average molecular weight is 535 g/mol. The van der Waals surface area contributed by atoms with Crippen LogP contribution in [0, 0.1) is 0 Å². The third kappa shape index (κ3) is 7.38. The minimum absolute atomic E-state index is 0.0891. The molecule has 200 valence electrons. The van der Waals surface area contributed by atoms with Crippen LogP contribution in [0.2, 0.25) is 0 Å². The van der Waals surface area contributed by atoms with Crippen LogP contribution in [0.15, 0.2) is 101 Å². The number of ether oxygens (including phenoxy) is 1. The van der Waals surface area contributed by atoms with Crippen LogP contribution in [0.4, 0.5) is 13.2 Å². The third-order valence-corrected chi connectivity index (χ3v) is 5.77. The predicted octanol–water partition coefficient (Wildman–Crippen LogP) is 6.10. The van der Waals surface area contributed by atoms with E-state index in [0.717, 1.165) is 17.7 Å². The van der Waals surface area contributed by atoms with Crippen molar-refractivity contribution >= 4 is 17.9 Å². The van der Waals surface area contributed by atoms with Crippen molar-refractivity contribution in [1.82, 2.24) is 10.6 Å². The maximum absolute atomic E-state index is 13.1. The Labute approximate surface area is 223 Å². The Morgan fingerprint density at radius 3 is 2.36 bits per heavy atom. The van der Waals surface area contributed by atoms with Gasteiger partial charge in [-0.2, -0.15) is 13.2 Å². The number of nitrogens with one attached hydrogen (secondary N) is 2. The van der Waals surface area contributed by atoms with E-state index >= 15 is 0 Å². The number of methoxy groups -OCH3 is 1. The first-order valence-corrected chi connectivity index (χ1v) is 12.0. The Hall–Kier alpha value is -4.79. The van der Waals surface area contributed by atoms with Crippen LogP contribution in [-0.4, -0.2) is 25.5 Å². The Bertz CT molecular complexity index is 1460. The minimum atomic E-state index is -4.50. The first kappa shape index (κ1) is 27.3. The van der Waals surface area contributed by atoms with E-state index in [1.165, 1.54) is 37.5 Å². The van der Waals surface area contributed by atoms with Crippen molar-refractivity contribution in [3.05, 3.63) is 119 Å². The van der Waals surface area contributed by atoms with Gasteiger partial charge in [-0.3, -0.25) is 9.59 Å². The number of carbonyl (C=O) groups excluding carboxylic acids is 2. The number of amides is 2. The molecule has 0 aliphatic heterocycles. The molecule has 3 aromatic carbocycles. The highest BCUT2D eigenvalue weighted by Crippen LogP contribution is 2.32. The molecule has 9 heteroatoms. The van der Waals surface area contributed by atoms with Crippen LogP contribution in [0.3, 0.4) is 0 Å². The first-order valence-electron chi connectivity index (χ1n) is 12.0. The fraction of sp³-hybridized carbons (Fsp3) is 0.133. The van der Waals surface area contributed by atoms with Crippen LogP contribution in [-0.2, 0) is 17.4 Å². The highest BCUT2D eigenvalue weighted by atomic mass is 19.4. The second-order valence-corrected chi connectivity index (χ2v) is 8.51. The molecule has 6 nitrogen and oxygen atoms in total. The topological polar surface area (TPSA) is 80.6 Å². The van der Waals surface area contributed by atoms with E-state index in [2.05, 4.69) is 10.6 Å². The molecule has 2 N–H and O–H groups in total. The van der Waals surface area contributed by atoms with Gasteiger partial charge in [0.05, 0.1) is 12.7 Å². The summed E-state index contributed by atoms with van der Waals surface area (Å²) in [6, 6.07) is 23.6. The first-order chi connectivity index (χ1) is 18.7. The Kier molecular flexibility index (Phi) is 8.50. The van der Waals surface area contributed by atoms with Gasteiger partial charge in [-0.15, -0.1) is 0 Å². The van der Waals surface area contributed by atoms with E-state index in [4.69, 9.17) is 9.15 Å². The highest BCUT2D eigenvalue weighted by Gasteiger charge is 2.30. The molecule has 4 aromatic rings. The SMILES string of the molecule is COc1ccc(C(=O)NC(=Cc2ccc(-c3cccc(C(F)(F)F)c3)o2)C(=O)NCCc2ccccc2)cc1. The summed E-state index contributed by atoms with van der Waals surface area (Å²) < 4.78 is 50.2. The van der Waals surface area contributed by atoms with Crippen LogP contribution < -0.4 is 15.4 Å². The average Bonchev–Trinajstić information content (AvgIpc) is 3.41. The van der Waals surface area contributed by atoms with Gasteiger partial charge in [0.25, 0.3) is 11.8 Å². The lowest BCUT2D eigenvalue weighted by atomic mass is 10.1. The van der Waals surface area contributed by atoms with Crippen molar-refractivity contribution < 1.29 is 31.9 Å². The summed E-state index contributed by atoms with van der Waals surface area (Å²) in [5.74, 6) is -0.168. The highest BCUT2D eigenvalue weighted by molar-refractivity contribution is 6.05. The number of alkyl halides is 3. The number of halogens is 3. The number of rotatable bonds is 9. The molecule has 0 saturated heterocycles. The molecule has 2 amide bonds. The lowest BCUT2D eigenvalue weighted by molar-refractivity contribution is -0.137. The molecular weight excluding hydrogens is 509 g/mol. The molecule has 0 aliphatic rings. The van der Waals surface area contributed by atoms with Gasteiger partial charge in [0.2, 0.25) is 0 Å².